The summed E-state index contributed by atoms with van der Waals surface area (Å²) in [4.78, 5) is 12.2. The van der Waals surface area contributed by atoms with E-state index in [9.17, 15) is 13.2 Å². The molecule has 0 unspecified atom stereocenters. The van der Waals surface area contributed by atoms with Gasteiger partial charge in [-0.25, -0.2) is 13.1 Å². The number of hydrogen-bond donors (Lipinski definition) is 2. The minimum atomic E-state index is -3.60. The van der Waals surface area contributed by atoms with Crippen LogP contribution in [-0.2, 0) is 16.6 Å². The van der Waals surface area contributed by atoms with Crippen molar-refractivity contribution in [1.29, 1.82) is 0 Å². The summed E-state index contributed by atoms with van der Waals surface area (Å²) >= 11 is 6.03. The van der Waals surface area contributed by atoms with Gasteiger partial charge in [0.2, 0.25) is 10.0 Å². The predicted octanol–water partition coefficient (Wildman–Crippen LogP) is 2.73. The fraction of sp³-hybridized carbons (Fsp3) is 0.118. The molecule has 0 saturated carbocycles. The number of sulfonamides is 1. The lowest BCUT2D eigenvalue weighted by atomic mass is 10.2. The van der Waals surface area contributed by atoms with E-state index in [0.29, 0.717) is 17.1 Å². The Morgan fingerprint density at radius 1 is 1.12 bits per heavy atom. The number of carbonyl (C=O) groups is 1. The monoisotopic (exact) mass is 364 g/mol. The number of benzene rings is 2. The standard InChI is InChI=1S/C17H17ClN2O3S/c1-2-11-20-24(22,23)15-9-7-13(8-10-15)17(21)19-12-14-5-3-4-6-16(14)18/h2-10,20H,1,11-12H2,(H,19,21). The second kappa shape index (κ2) is 8.10. The molecule has 0 heterocycles. The molecule has 0 aromatic heterocycles. The van der Waals surface area contributed by atoms with Gasteiger partial charge in [-0.1, -0.05) is 35.9 Å². The SMILES string of the molecule is C=CCNS(=O)(=O)c1ccc(C(=O)NCc2ccccc2Cl)cc1. The van der Waals surface area contributed by atoms with Crippen molar-refractivity contribution in [3.63, 3.8) is 0 Å². The van der Waals surface area contributed by atoms with Gasteiger partial charge in [0.25, 0.3) is 5.91 Å². The van der Waals surface area contributed by atoms with E-state index in [1.165, 1.54) is 30.3 Å². The summed E-state index contributed by atoms with van der Waals surface area (Å²) in [5.74, 6) is -0.307. The Labute approximate surface area is 146 Å². The maximum Gasteiger partial charge on any atom is 0.251 e. The first-order valence-electron chi connectivity index (χ1n) is 7.16. The second-order valence-electron chi connectivity index (χ2n) is 4.94. The summed E-state index contributed by atoms with van der Waals surface area (Å²) < 4.78 is 26.3. The molecule has 2 aromatic rings. The molecule has 0 bridgehead atoms. The fourth-order valence-electron chi connectivity index (χ4n) is 1.96. The summed E-state index contributed by atoms with van der Waals surface area (Å²) in [6.07, 6.45) is 1.45. The van der Waals surface area contributed by atoms with Crippen molar-refractivity contribution in [1.82, 2.24) is 10.0 Å². The first-order chi connectivity index (χ1) is 11.4. The van der Waals surface area contributed by atoms with Crippen LogP contribution in [0.4, 0.5) is 0 Å². The zero-order valence-corrected chi connectivity index (χ0v) is 14.4. The predicted molar refractivity (Wildman–Crippen MR) is 94.4 cm³/mol. The summed E-state index contributed by atoms with van der Waals surface area (Å²) in [5, 5.41) is 3.32. The van der Waals surface area contributed by atoms with Gasteiger partial charge in [-0.3, -0.25) is 4.79 Å². The lowest BCUT2D eigenvalue weighted by molar-refractivity contribution is 0.0951. The first-order valence-corrected chi connectivity index (χ1v) is 9.02. The van der Waals surface area contributed by atoms with Crippen molar-refractivity contribution < 1.29 is 13.2 Å². The zero-order valence-electron chi connectivity index (χ0n) is 12.8. The van der Waals surface area contributed by atoms with Gasteiger partial charge in [-0.2, -0.15) is 0 Å². The lowest BCUT2D eigenvalue weighted by Crippen LogP contribution is -2.25. The molecule has 0 atom stereocenters. The number of rotatable bonds is 7. The molecule has 1 amide bonds. The molecule has 0 radical (unpaired) electrons. The van der Waals surface area contributed by atoms with Crippen LogP contribution in [0.2, 0.25) is 5.02 Å². The van der Waals surface area contributed by atoms with Crippen LogP contribution < -0.4 is 10.0 Å². The minimum Gasteiger partial charge on any atom is -0.348 e. The summed E-state index contributed by atoms with van der Waals surface area (Å²) in [6.45, 7) is 3.89. The number of nitrogens with one attached hydrogen (secondary N) is 2. The normalized spacial score (nSPS) is 11.0. The molecule has 0 aliphatic carbocycles. The summed E-state index contributed by atoms with van der Waals surface area (Å²) in [6, 6.07) is 12.9. The van der Waals surface area contributed by atoms with Crippen LogP contribution in [0.3, 0.4) is 0 Å². The van der Waals surface area contributed by atoms with E-state index >= 15 is 0 Å². The molecule has 126 valence electrons. The molecule has 2 rings (SSSR count). The molecule has 2 aromatic carbocycles. The van der Waals surface area contributed by atoms with Crippen LogP contribution in [0.15, 0.2) is 66.1 Å². The molecule has 0 aliphatic rings. The van der Waals surface area contributed by atoms with Crippen LogP contribution in [0.25, 0.3) is 0 Å². The van der Waals surface area contributed by atoms with Crippen LogP contribution in [-0.4, -0.2) is 20.9 Å². The lowest BCUT2D eigenvalue weighted by Gasteiger charge is -2.08. The van der Waals surface area contributed by atoms with Crippen molar-refractivity contribution in [3.8, 4) is 0 Å². The molecular weight excluding hydrogens is 348 g/mol. The molecule has 0 aliphatic heterocycles. The highest BCUT2D eigenvalue weighted by Crippen LogP contribution is 2.15. The third kappa shape index (κ3) is 4.67. The Morgan fingerprint density at radius 2 is 1.79 bits per heavy atom. The number of hydrogen-bond acceptors (Lipinski definition) is 3. The van der Waals surface area contributed by atoms with Crippen molar-refractivity contribution in [2.45, 2.75) is 11.4 Å². The highest BCUT2D eigenvalue weighted by atomic mass is 35.5. The Hall–Kier alpha value is -2.15. The van der Waals surface area contributed by atoms with Crippen LogP contribution in [0.5, 0.6) is 0 Å². The van der Waals surface area contributed by atoms with Gasteiger partial charge in [0.05, 0.1) is 4.90 Å². The third-order valence-corrected chi connectivity index (χ3v) is 5.05. The average Bonchev–Trinajstić information content (AvgIpc) is 2.59. The maximum absolute atomic E-state index is 12.1. The summed E-state index contributed by atoms with van der Waals surface area (Å²) in [7, 11) is -3.60. The van der Waals surface area contributed by atoms with Gasteiger partial charge in [-0.05, 0) is 35.9 Å². The van der Waals surface area contributed by atoms with E-state index in [2.05, 4.69) is 16.6 Å². The van der Waals surface area contributed by atoms with Gasteiger partial charge in [-0.15, -0.1) is 6.58 Å². The van der Waals surface area contributed by atoms with E-state index in [1.807, 2.05) is 18.2 Å². The van der Waals surface area contributed by atoms with Gasteiger partial charge >= 0.3 is 0 Å². The molecule has 2 N–H and O–H groups in total. The van der Waals surface area contributed by atoms with E-state index in [4.69, 9.17) is 11.6 Å². The van der Waals surface area contributed by atoms with E-state index in [0.717, 1.165) is 5.56 Å². The summed E-state index contributed by atoms with van der Waals surface area (Å²) in [5.41, 5.74) is 1.17. The molecule has 5 nitrogen and oxygen atoms in total. The second-order valence-corrected chi connectivity index (χ2v) is 7.11. The maximum atomic E-state index is 12.1. The van der Waals surface area contributed by atoms with E-state index in [1.54, 1.807) is 6.07 Å². The molecule has 24 heavy (non-hydrogen) atoms. The van der Waals surface area contributed by atoms with E-state index in [-0.39, 0.29) is 17.3 Å². The average molecular weight is 365 g/mol. The van der Waals surface area contributed by atoms with Crippen LogP contribution in [0.1, 0.15) is 15.9 Å². The largest absolute Gasteiger partial charge is 0.348 e. The van der Waals surface area contributed by atoms with Gasteiger partial charge in [0, 0.05) is 23.7 Å². The van der Waals surface area contributed by atoms with Gasteiger partial charge < -0.3 is 5.32 Å². The molecule has 0 spiro atoms. The van der Waals surface area contributed by atoms with Gasteiger partial charge in [0.1, 0.15) is 0 Å². The highest BCUT2D eigenvalue weighted by molar-refractivity contribution is 7.89. The quantitative estimate of drug-likeness (QED) is 0.742. The number of amides is 1. The Kier molecular flexibility index (Phi) is 6.14. The molecule has 0 saturated heterocycles. The topological polar surface area (TPSA) is 75.3 Å². The Balaban J connectivity index is 2.03. The third-order valence-electron chi connectivity index (χ3n) is 3.24. The van der Waals surface area contributed by atoms with Crippen molar-refractivity contribution in [3.05, 3.63) is 77.3 Å². The number of halogens is 1. The molecule has 7 heteroatoms. The highest BCUT2D eigenvalue weighted by Gasteiger charge is 2.14. The van der Waals surface area contributed by atoms with Crippen LogP contribution in [0, 0.1) is 0 Å². The first kappa shape index (κ1) is 18.2. The number of carbonyl (C=O) groups excluding carboxylic acids is 1. The minimum absolute atomic E-state index is 0.0898. The Morgan fingerprint density at radius 3 is 2.42 bits per heavy atom. The fourth-order valence-corrected chi connectivity index (χ4v) is 3.16. The molecule has 0 fully saturated rings. The van der Waals surface area contributed by atoms with Crippen molar-refractivity contribution >= 4 is 27.5 Å². The van der Waals surface area contributed by atoms with Crippen LogP contribution >= 0.6 is 11.6 Å². The Bertz CT molecular complexity index is 833. The van der Waals surface area contributed by atoms with E-state index < -0.39 is 10.0 Å². The smallest absolute Gasteiger partial charge is 0.251 e. The molecular formula is C17H17ClN2O3S. The zero-order chi connectivity index (χ0) is 17.6. The van der Waals surface area contributed by atoms with Crippen molar-refractivity contribution in [2.24, 2.45) is 0 Å². The van der Waals surface area contributed by atoms with Crippen molar-refractivity contribution in [2.75, 3.05) is 6.54 Å². The van der Waals surface area contributed by atoms with Gasteiger partial charge in [0.15, 0.2) is 0 Å².